The maximum absolute atomic E-state index is 12.9. The molecule has 21 heavy (non-hydrogen) atoms. The Labute approximate surface area is 149 Å². The Balaban J connectivity index is 2.51. The first-order chi connectivity index (χ1) is 9.74. The summed E-state index contributed by atoms with van der Waals surface area (Å²) in [5.41, 5.74) is -0.107. The summed E-state index contributed by atoms with van der Waals surface area (Å²) in [6, 6.07) is 5.24. The van der Waals surface area contributed by atoms with Gasteiger partial charge in [-0.05, 0) is 68.7 Å². The maximum atomic E-state index is 12.9. The first-order valence-electron chi connectivity index (χ1n) is 5.72. The highest BCUT2D eigenvalue weighted by atomic mass is 79.9. The van der Waals surface area contributed by atoms with Gasteiger partial charge in [0.1, 0.15) is 0 Å². The third-order valence-electron chi connectivity index (χ3n) is 2.87. The zero-order chi connectivity index (χ0) is 15.8. The van der Waals surface area contributed by atoms with E-state index in [4.69, 9.17) is 0 Å². The smallest absolute Gasteiger partial charge is 0.309 e. The summed E-state index contributed by atoms with van der Waals surface area (Å²) >= 11 is 11.6. The van der Waals surface area contributed by atoms with Gasteiger partial charge < -0.3 is 5.32 Å². The van der Waals surface area contributed by atoms with E-state index in [2.05, 4.69) is 53.1 Å². The number of alkyl halides is 3. The Kier molecular flexibility index (Phi) is 5.57. The van der Waals surface area contributed by atoms with Crippen LogP contribution >= 0.6 is 59.1 Å². The average Bonchev–Trinajstić information content (AvgIpc) is 2.71. The van der Waals surface area contributed by atoms with Crippen LogP contribution in [0.2, 0.25) is 0 Å². The van der Waals surface area contributed by atoms with Crippen LogP contribution in [-0.4, -0.2) is 7.05 Å². The number of nitrogens with one attached hydrogen (secondary N) is 1. The summed E-state index contributed by atoms with van der Waals surface area (Å²) in [7, 11) is 1.72. The van der Waals surface area contributed by atoms with Crippen molar-refractivity contribution in [3.63, 3.8) is 0 Å². The van der Waals surface area contributed by atoms with Crippen molar-refractivity contribution >= 4 is 59.1 Å². The Bertz CT molecular complexity index is 635. The van der Waals surface area contributed by atoms with Gasteiger partial charge in [0.2, 0.25) is 0 Å². The van der Waals surface area contributed by atoms with Crippen LogP contribution in [0.3, 0.4) is 0 Å². The van der Waals surface area contributed by atoms with Crippen LogP contribution in [0.15, 0.2) is 37.0 Å². The van der Waals surface area contributed by atoms with Gasteiger partial charge in [0.25, 0.3) is 0 Å². The summed E-state index contributed by atoms with van der Waals surface area (Å²) in [5.74, 6) is 0. The molecule has 0 bridgehead atoms. The number of hydrogen-bond donors (Lipinski definition) is 1. The highest BCUT2D eigenvalue weighted by Crippen LogP contribution is 2.40. The molecule has 0 spiro atoms. The molecular weight excluding hydrogens is 499 g/mol. The van der Waals surface area contributed by atoms with Gasteiger partial charge in [-0.25, -0.2) is 0 Å². The minimum atomic E-state index is -4.36. The van der Waals surface area contributed by atoms with Gasteiger partial charge in [-0.3, -0.25) is 0 Å². The number of hydrogen-bond acceptors (Lipinski definition) is 2. The Morgan fingerprint density at radius 1 is 1.10 bits per heavy atom. The Morgan fingerprint density at radius 3 is 2.24 bits per heavy atom. The van der Waals surface area contributed by atoms with Gasteiger partial charge in [-0.1, -0.05) is 15.9 Å². The van der Waals surface area contributed by atoms with Crippen molar-refractivity contribution in [1.82, 2.24) is 5.32 Å². The van der Waals surface area contributed by atoms with Crippen LogP contribution in [-0.2, 0) is 6.18 Å². The van der Waals surface area contributed by atoms with Crippen molar-refractivity contribution in [3.8, 4) is 0 Å². The molecule has 0 aliphatic heterocycles. The van der Waals surface area contributed by atoms with E-state index >= 15 is 0 Å². The molecule has 1 N–H and O–H groups in total. The second-order valence-corrected chi connectivity index (χ2v) is 8.34. The van der Waals surface area contributed by atoms with Crippen LogP contribution in [0.1, 0.15) is 22.0 Å². The molecule has 1 aromatic carbocycles. The quantitative estimate of drug-likeness (QED) is 0.509. The van der Waals surface area contributed by atoms with Crippen molar-refractivity contribution in [2.75, 3.05) is 7.05 Å². The minimum Gasteiger partial charge on any atom is -0.309 e. The van der Waals surface area contributed by atoms with Gasteiger partial charge >= 0.3 is 6.18 Å². The van der Waals surface area contributed by atoms with E-state index < -0.39 is 11.7 Å². The van der Waals surface area contributed by atoms with Crippen molar-refractivity contribution in [3.05, 3.63) is 53.0 Å². The summed E-state index contributed by atoms with van der Waals surface area (Å²) in [6.07, 6.45) is -4.36. The summed E-state index contributed by atoms with van der Waals surface area (Å²) in [4.78, 5) is 0.913. The Morgan fingerprint density at radius 2 is 1.76 bits per heavy atom. The first-order valence-corrected chi connectivity index (χ1v) is 8.92. The third kappa shape index (κ3) is 3.90. The van der Waals surface area contributed by atoms with Crippen LogP contribution in [0.4, 0.5) is 13.2 Å². The molecule has 0 radical (unpaired) electrons. The molecule has 0 aliphatic carbocycles. The molecule has 0 saturated heterocycles. The van der Waals surface area contributed by atoms with Crippen molar-refractivity contribution in [2.45, 2.75) is 12.2 Å². The van der Waals surface area contributed by atoms with Crippen LogP contribution in [0, 0.1) is 0 Å². The zero-order valence-electron chi connectivity index (χ0n) is 10.6. The number of halogens is 6. The van der Waals surface area contributed by atoms with Gasteiger partial charge in [-0.15, -0.1) is 11.3 Å². The standard InChI is InChI=1S/C13H9Br3F3NS/c1-20-11(10-5-9(15)12(16)21-10)7-4-6(13(17,18)19)2-3-8(7)14/h2-5,11,20H,1H3. The largest absolute Gasteiger partial charge is 0.416 e. The lowest BCUT2D eigenvalue weighted by Gasteiger charge is -2.18. The van der Waals surface area contributed by atoms with Gasteiger partial charge in [0.15, 0.2) is 0 Å². The second-order valence-electron chi connectivity index (χ2n) is 4.23. The van der Waals surface area contributed by atoms with Crippen molar-refractivity contribution < 1.29 is 13.2 Å². The Hall–Kier alpha value is 0.110. The highest BCUT2D eigenvalue weighted by Gasteiger charge is 2.32. The SMILES string of the molecule is CNC(c1cc(Br)c(Br)s1)c1cc(C(F)(F)F)ccc1Br. The fraction of sp³-hybridized carbons (Fsp3) is 0.231. The number of rotatable bonds is 3. The van der Waals surface area contributed by atoms with E-state index in [1.54, 1.807) is 7.05 Å². The summed E-state index contributed by atoms with van der Waals surface area (Å²) in [6.45, 7) is 0. The van der Waals surface area contributed by atoms with Gasteiger partial charge in [0.05, 0.1) is 15.4 Å². The molecule has 0 aliphatic rings. The first kappa shape index (κ1) is 17.5. The normalized spacial score (nSPS) is 13.5. The molecule has 114 valence electrons. The van der Waals surface area contributed by atoms with Gasteiger partial charge in [-0.2, -0.15) is 13.2 Å². The molecule has 1 atom stereocenters. The van der Waals surface area contributed by atoms with E-state index in [-0.39, 0.29) is 6.04 Å². The summed E-state index contributed by atoms with van der Waals surface area (Å²) in [5, 5.41) is 3.07. The molecule has 8 heteroatoms. The van der Waals surface area contributed by atoms with Crippen LogP contribution < -0.4 is 5.32 Å². The fourth-order valence-electron chi connectivity index (χ4n) is 1.90. The molecule has 0 saturated carbocycles. The lowest BCUT2D eigenvalue weighted by atomic mass is 10.0. The molecule has 1 heterocycles. The highest BCUT2D eigenvalue weighted by molar-refractivity contribution is 9.13. The van der Waals surface area contributed by atoms with E-state index in [1.807, 2.05) is 6.07 Å². The molecule has 1 nitrogen and oxygen atoms in total. The number of thiophene rings is 1. The fourth-order valence-corrected chi connectivity index (χ4v) is 4.59. The third-order valence-corrected chi connectivity index (χ3v) is 6.92. The molecule has 1 aromatic heterocycles. The zero-order valence-corrected chi connectivity index (χ0v) is 16.1. The topological polar surface area (TPSA) is 12.0 Å². The predicted octanol–water partition coefficient (Wildman–Crippen LogP) is 6.36. The lowest BCUT2D eigenvalue weighted by molar-refractivity contribution is -0.137. The van der Waals surface area contributed by atoms with Gasteiger partial charge in [0, 0.05) is 13.8 Å². The second kappa shape index (κ2) is 6.70. The molecule has 2 rings (SSSR count). The average molecular weight is 508 g/mol. The number of benzene rings is 1. The minimum absolute atomic E-state index is 0.325. The monoisotopic (exact) mass is 505 g/mol. The van der Waals surface area contributed by atoms with E-state index in [0.29, 0.717) is 10.0 Å². The van der Waals surface area contributed by atoms with E-state index in [9.17, 15) is 13.2 Å². The van der Waals surface area contributed by atoms with Crippen molar-refractivity contribution in [1.29, 1.82) is 0 Å². The van der Waals surface area contributed by atoms with E-state index in [1.165, 1.54) is 23.5 Å². The summed E-state index contributed by atoms with van der Waals surface area (Å²) < 4.78 is 41.1. The van der Waals surface area contributed by atoms with Crippen molar-refractivity contribution in [2.24, 2.45) is 0 Å². The van der Waals surface area contributed by atoms with Crippen LogP contribution in [0.25, 0.3) is 0 Å². The van der Waals surface area contributed by atoms with E-state index in [0.717, 1.165) is 19.2 Å². The molecule has 1 unspecified atom stereocenters. The molecular formula is C13H9Br3F3NS. The molecule has 0 amide bonds. The lowest BCUT2D eigenvalue weighted by Crippen LogP contribution is -2.18. The maximum Gasteiger partial charge on any atom is 0.416 e. The molecule has 2 aromatic rings. The molecule has 0 fully saturated rings. The van der Waals surface area contributed by atoms with Crippen LogP contribution in [0.5, 0.6) is 0 Å². The predicted molar refractivity (Wildman–Crippen MR) is 89.8 cm³/mol.